The summed E-state index contributed by atoms with van der Waals surface area (Å²) >= 11 is 0. The van der Waals surface area contributed by atoms with Crippen LogP contribution in [0.3, 0.4) is 0 Å². The molecule has 0 heterocycles. The van der Waals surface area contributed by atoms with Crippen LogP contribution in [0, 0.1) is 16.2 Å². The molecule has 1 aliphatic rings. The first kappa shape index (κ1) is 15.0. The minimum atomic E-state index is -0.748. The van der Waals surface area contributed by atoms with Gasteiger partial charge in [0.1, 0.15) is 0 Å². The standard InChI is InChI=1S/C15H30O2/c1-7-14(6,11-16)15(17)9-12(2,3)8-13(4,5)10-15/h16-17H,7-11H2,1-6H3. The van der Waals surface area contributed by atoms with E-state index in [0.717, 1.165) is 25.7 Å². The van der Waals surface area contributed by atoms with E-state index in [9.17, 15) is 10.2 Å². The molecular weight excluding hydrogens is 212 g/mol. The molecule has 1 atom stereocenters. The lowest BCUT2D eigenvalue weighted by molar-refractivity contribution is -0.173. The van der Waals surface area contributed by atoms with Crippen molar-refractivity contribution in [1.82, 2.24) is 0 Å². The molecule has 0 amide bonds. The highest BCUT2D eigenvalue weighted by molar-refractivity contribution is 5.05. The Morgan fingerprint density at radius 1 is 1.00 bits per heavy atom. The Balaban J connectivity index is 3.10. The van der Waals surface area contributed by atoms with Crippen molar-refractivity contribution in [2.24, 2.45) is 16.2 Å². The Morgan fingerprint density at radius 2 is 1.41 bits per heavy atom. The van der Waals surface area contributed by atoms with Gasteiger partial charge in [0.05, 0.1) is 12.2 Å². The lowest BCUT2D eigenvalue weighted by Crippen LogP contribution is -2.56. The van der Waals surface area contributed by atoms with E-state index in [2.05, 4.69) is 34.6 Å². The fraction of sp³-hybridized carbons (Fsp3) is 1.00. The van der Waals surface area contributed by atoms with Crippen LogP contribution >= 0.6 is 0 Å². The van der Waals surface area contributed by atoms with Gasteiger partial charge in [-0.05, 0) is 36.5 Å². The van der Waals surface area contributed by atoms with Crippen LogP contribution in [-0.4, -0.2) is 22.4 Å². The zero-order valence-electron chi connectivity index (χ0n) is 12.4. The average molecular weight is 242 g/mol. The summed E-state index contributed by atoms with van der Waals surface area (Å²) in [4.78, 5) is 0. The quantitative estimate of drug-likeness (QED) is 0.796. The zero-order valence-corrected chi connectivity index (χ0v) is 12.4. The van der Waals surface area contributed by atoms with Crippen LogP contribution in [0.1, 0.15) is 67.2 Å². The van der Waals surface area contributed by atoms with Crippen molar-refractivity contribution >= 4 is 0 Å². The predicted octanol–water partition coefficient (Wildman–Crippen LogP) is 3.36. The van der Waals surface area contributed by atoms with E-state index >= 15 is 0 Å². The lowest BCUT2D eigenvalue weighted by atomic mass is 9.53. The average Bonchev–Trinajstić information content (AvgIpc) is 2.10. The lowest BCUT2D eigenvalue weighted by Gasteiger charge is -2.56. The van der Waals surface area contributed by atoms with E-state index in [4.69, 9.17) is 0 Å². The fourth-order valence-corrected chi connectivity index (χ4v) is 4.08. The van der Waals surface area contributed by atoms with Gasteiger partial charge in [0.2, 0.25) is 0 Å². The minimum Gasteiger partial charge on any atom is -0.396 e. The molecule has 0 aromatic carbocycles. The van der Waals surface area contributed by atoms with Crippen LogP contribution in [0.4, 0.5) is 0 Å². The molecular formula is C15H30O2. The topological polar surface area (TPSA) is 40.5 Å². The molecule has 17 heavy (non-hydrogen) atoms. The van der Waals surface area contributed by atoms with Gasteiger partial charge >= 0.3 is 0 Å². The van der Waals surface area contributed by atoms with Crippen molar-refractivity contribution in [3.05, 3.63) is 0 Å². The summed E-state index contributed by atoms with van der Waals surface area (Å²) in [5.41, 5.74) is -0.853. The third-order valence-electron chi connectivity index (χ3n) is 4.75. The normalized spacial score (nSPS) is 29.6. The van der Waals surface area contributed by atoms with Gasteiger partial charge in [-0.3, -0.25) is 0 Å². The van der Waals surface area contributed by atoms with E-state index in [0.29, 0.717) is 0 Å². The van der Waals surface area contributed by atoms with Gasteiger partial charge in [-0.2, -0.15) is 0 Å². The van der Waals surface area contributed by atoms with Crippen LogP contribution in [0.15, 0.2) is 0 Å². The fourth-order valence-electron chi connectivity index (χ4n) is 4.08. The largest absolute Gasteiger partial charge is 0.396 e. The molecule has 2 N–H and O–H groups in total. The zero-order chi connectivity index (χ0) is 13.5. The molecule has 1 aliphatic carbocycles. The number of hydrogen-bond acceptors (Lipinski definition) is 2. The van der Waals surface area contributed by atoms with Crippen molar-refractivity contribution in [3.63, 3.8) is 0 Å². The summed E-state index contributed by atoms with van der Waals surface area (Å²) in [6, 6.07) is 0. The second kappa shape index (κ2) is 4.24. The van der Waals surface area contributed by atoms with Gasteiger partial charge in [0, 0.05) is 5.41 Å². The van der Waals surface area contributed by atoms with Crippen molar-refractivity contribution in [1.29, 1.82) is 0 Å². The van der Waals surface area contributed by atoms with E-state index in [1.807, 2.05) is 6.92 Å². The number of aliphatic hydroxyl groups excluding tert-OH is 1. The number of rotatable bonds is 3. The second-order valence-electron chi connectivity index (χ2n) is 7.96. The van der Waals surface area contributed by atoms with Crippen LogP contribution in [0.2, 0.25) is 0 Å². The Kier molecular flexibility index (Phi) is 3.73. The van der Waals surface area contributed by atoms with Crippen LogP contribution in [0.25, 0.3) is 0 Å². The molecule has 102 valence electrons. The highest BCUT2D eigenvalue weighted by Crippen LogP contribution is 2.56. The first-order chi connectivity index (χ1) is 7.49. The monoisotopic (exact) mass is 242 g/mol. The van der Waals surface area contributed by atoms with Crippen LogP contribution in [-0.2, 0) is 0 Å². The van der Waals surface area contributed by atoms with Gasteiger partial charge in [-0.1, -0.05) is 41.5 Å². The molecule has 0 bridgehead atoms. The SMILES string of the molecule is CCC(C)(CO)C1(O)CC(C)(C)CC(C)(C)C1. The molecule has 2 heteroatoms. The molecule has 0 radical (unpaired) electrons. The first-order valence-corrected chi connectivity index (χ1v) is 6.83. The van der Waals surface area contributed by atoms with Gasteiger partial charge in [-0.25, -0.2) is 0 Å². The summed E-state index contributed by atoms with van der Waals surface area (Å²) in [5, 5.41) is 20.8. The summed E-state index contributed by atoms with van der Waals surface area (Å²) < 4.78 is 0. The Bertz CT molecular complexity index is 259. The van der Waals surface area contributed by atoms with Crippen molar-refractivity contribution in [3.8, 4) is 0 Å². The second-order valence-corrected chi connectivity index (χ2v) is 7.96. The maximum absolute atomic E-state index is 11.1. The minimum absolute atomic E-state index is 0.0617. The Labute approximate surface area is 106 Å². The molecule has 1 rings (SSSR count). The molecule has 0 aliphatic heterocycles. The molecule has 0 saturated heterocycles. The van der Waals surface area contributed by atoms with Gasteiger partial charge in [0.15, 0.2) is 0 Å². The molecule has 2 nitrogen and oxygen atoms in total. The molecule has 0 aromatic heterocycles. The molecule has 0 aromatic rings. The van der Waals surface area contributed by atoms with Crippen molar-refractivity contribution < 1.29 is 10.2 Å². The molecule has 1 saturated carbocycles. The first-order valence-electron chi connectivity index (χ1n) is 6.83. The number of aliphatic hydroxyl groups is 2. The van der Waals surface area contributed by atoms with Gasteiger partial charge in [-0.15, -0.1) is 0 Å². The third-order valence-corrected chi connectivity index (χ3v) is 4.75. The highest BCUT2D eigenvalue weighted by atomic mass is 16.3. The molecule has 1 fully saturated rings. The Morgan fingerprint density at radius 3 is 1.71 bits per heavy atom. The van der Waals surface area contributed by atoms with E-state index < -0.39 is 5.60 Å². The van der Waals surface area contributed by atoms with Gasteiger partial charge < -0.3 is 10.2 Å². The predicted molar refractivity (Wildman–Crippen MR) is 71.8 cm³/mol. The van der Waals surface area contributed by atoms with Crippen molar-refractivity contribution in [2.75, 3.05) is 6.61 Å². The summed E-state index contributed by atoms with van der Waals surface area (Å²) in [7, 11) is 0. The van der Waals surface area contributed by atoms with Crippen LogP contribution in [0.5, 0.6) is 0 Å². The molecule has 1 unspecified atom stereocenters. The third kappa shape index (κ3) is 2.85. The number of hydrogen-bond donors (Lipinski definition) is 2. The Hall–Kier alpha value is -0.0800. The maximum atomic E-state index is 11.1. The summed E-state index contributed by atoms with van der Waals surface area (Å²) in [5.74, 6) is 0. The maximum Gasteiger partial charge on any atom is 0.0733 e. The summed E-state index contributed by atoms with van der Waals surface area (Å²) in [6.45, 7) is 13.1. The molecule has 0 spiro atoms. The van der Waals surface area contributed by atoms with Crippen molar-refractivity contribution in [2.45, 2.75) is 72.8 Å². The van der Waals surface area contributed by atoms with E-state index in [-0.39, 0.29) is 22.9 Å². The smallest absolute Gasteiger partial charge is 0.0733 e. The van der Waals surface area contributed by atoms with Crippen LogP contribution < -0.4 is 0 Å². The highest BCUT2D eigenvalue weighted by Gasteiger charge is 2.54. The van der Waals surface area contributed by atoms with E-state index in [1.54, 1.807) is 0 Å². The summed E-state index contributed by atoms with van der Waals surface area (Å²) in [6.07, 6.45) is 3.52. The van der Waals surface area contributed by atoms with E-state index in [1.165, 1.54) is 0 Å². The van der Waals surface area contributed by atoms with Gasteiger partial charge in [0.25, 0.3) is 0 Å².